The quantitative estimate of drug-likeness (QED) is 0.908. The van der Waals surface area contributed by atoms with Gasteiger partial charge in [-0.05, 0) is 57.1 Å². The molecule has 1 aliphatic rings. The summed E-state index contributed by atoms with van der Waals surface area (Å²) in [6.45, 7) is 4.12. The zero-order chi connectivity index (χ0) is 16.9. The minimum absolute atomic E-state index is 0.545. The van der Waals surface area contributed by atoms with Gasteiger partial charge in [-0.25, -0.2) is 9.97 Å². The van der Waals surface area contributed by atoms with Crippen molar-refractivity contribution in [3.05, 3.63) is 42.1 Å². The zero-order valence-electron chi connectivity index (χ0n) is 14.7. The van der Waals surface area contributed by atoms with E-state index in [1.165, 1.54) is 31.4 Å². The van der Waals surface area contributed by atoms with Crippen LogP contribution in [-0.4, -0.2) is 50.5 Å². The molecule has 0 amide bonds. The summed E-state index contributed by atoms with van der Waals surface area (Å²) in [6, 6.07) is 4.53. The van der Waals surface area contributed by atoms with Crippen LogP contribution in [0.3, 0.4) is 0 Å². The van der Waals surface area contributed by atoms with Crippen LogP contribution < -0.4 is 5.73 Å². The van der Waals surface area contributed by atoms with Gasteiger partial charge in [0.2, 0.25) is 0 Å². The second-order valence-corrected chi connectivity index (χ2v) is 6.86. The molecule has 2 aromatic rings. The van der Waals surface area contributed by atoms with E-state index in [0.29, 0.717) is 11.9 Å². The topological polar surface area (TPSA) is 63.2 Å². The van der Waals surface area contributed by atoms with Crippen molar-refractivity contribution >= 4 is 5.82 Å². The van der Waals surface area contributed by atoms with E-state index in [9.17, 15) is 0 Å². The third-order valence-corrected chi connectivity index (χ3v) is 4.83. The SMILES string of the molecule is CN(Cc1nccc(N)n1)C1CCCN(Cc2ccn(C)c2)CC1. The minimum Gasteiger partial charge on any atom is -0.384 e. The Kier molecular flexibility index (Phi) is 5.48. The van der Waals surface area contributed by atoms with Gasteiger partial charge < -0.3 is 10.3 Å². The summed E-state index contributed by atoms with van der Waals surface area (Å²) in [7, 11) is 4.25. The molecule has 1 fully saturated rings. The fraction of sp³-hybridized carbons (Fsp3) is 0.556. The van der Waals surface area contributed by atoms with Crippen LogP contribution in [-0.2, 0) is 20.1 Å². The van der Waals surface area contributed by atoms with E-state index in [1.54, 1.807) is 12.3 Å². The van der Waals surface area contributed by atoms with Crippen molar-refractivity contribution in [2.45, 2.75) is 38.4 Å². The van der Waals surface area contributed by atoms with E-state index in [-0.39, 0.29) is 0 Å². The van der Waals surface area contributed by atoms with Crippen molar-refractivity contribution in [1.29, 1.82) is 0 Å². The Morgan fingerprint density at radius 2 is 2.17 bits per heavy atom. The molecule has 0 spiro atoms. The maximum atomic E-state index is 5.75. The lowest BCUT2D eigenvalue weighted by Crippen LogP contribution is -2.33. The van der Waals surface area contributed by atoms with Crippen molar-refractivity contribution in [3.8, 4) is 0 Å². The fourth-order valence-electron chi connectivity index (χ4n) is 3.49. The second-order valence-electron chi connectivity index (χ2n) is 6.86. The molecule has 2 N–H and O–H groups in total. The van der Waals surface area contributed by atoms with Crippen molar-refractivity contribution in [2.75, 3.05) is 25.9 Å². The Bertz CT molecular complexity index is 652. The number of anilines is 1. The van der Waals surface area contributed by atoms with Crippen LogP contribution in [0.1, 0.15) is 30.7 Å². The van der Waals surface area contributed by atoms with Gasteiger partial charge in [0.1, 0.15) is 11.6 Å². The third kappa shape index (κ3) is 4.55. The predicted molar refractivity (Wildman–Crippen MR) is 96.2 cm³/mol. The van der Waals surface area contributed by atoms with E-state index >= 15 is 0 Å². The van der Waals surface area contributed by atoms with Gasteiger partial charge in [-0.2, -0.15) is 0 Å². The van der Waals surface area contributed by atoms with Crippen LogP contribution in [0.2, 0.25) is 0 Å². The Morgan fingerprint density at radius 1 is 1.29 bits per heavy atom. The lowest BCUT2D eigenvalue weighted by atomic mass is 10.1. The monoisotopic (exact) mass is 328 g/mol. The third-order valence-electron chi connectivity index (χ3n) is 4.83. The summed E-state index contributed by atoms with van der Waals surface area (Å²) in [5.41, 5.74) is 7.15. The molecule has 0 saturated carbocycles. The van der Waals surface area contributed by atoms with Gasteiger partial charge in [-0.3, -0.25) is 9.80 Å². The highest BCUT2D eigenvalue weighted by atomic mass is 15.2. The molecule has 0 aliphatic carbocycles. The summed E-state index contributed by atoms with van der Waals surface area (Å²) in [5, 5.41) is 0. The van der Waals surface area contributed by atoms with E-state index in [2.05, 4.69) is 56.9 Å². The molecule has 1 atom stereocenters. The Hall–Kier alpha value is -1.92. The summed E-state index contributed by atoms with van der Waals surface area (Å²) >= 11 is 0. The maximum absolute atomic E-state index is 5.75. The molecule has 6 heteroatoms. The van der Waals surface area contributed by atoms with Gasteiger partial charge >= 0.3 is 0 Å². The second kappa shape index (κ2) is 7.77. The largest absolute Gasteiger partial charge is 0.384 e. The summed E-state index contributed by atoms with van der Waals surface area (Å²) in [5.74, 6) is 1.35. The number of aromatic nitrogens is 3. The van der Waals surface area contributed by atoms with Gasteiger partial charge in [0.25, 0.3) is 0 Å². The lowest BCUT2D eigenvalue weighted by Gasteiger charge is -2.26. The van der Waals surface area contributed by atoms with Crippen LogP contribution in [0.5, 0.6) is 0 Å². The highest BCUT2D eigenvalue weighted by Gasteiger charge is 2.21. The molecule has 0 radical (unpaired) electrons. The van der Waals surface area contributed by atoms with Gasteiger partial charge in [-0.1, -0.05) is 0 Å². The van der Waals surface area contributed by atoms with Crippen LogP contribution in [0.4, 0.5) is 5.82 Å². The molecule has 1 unspecified atom stereocenters. The minimum atomic E-state index is 0.545. The van der Waals surface area contributed by atoms with E-state index in [1.807, 2.05) is 0 Å². The van der Waals surface area contributed by atoms with Crippen molar-refractivity contribution < 1.29 is 0 Å². The molecular formula is C18H28N6. The highest BCUT2D eigenvalue weighted by Crippen LogP contribution is 2.19. The lowest BCUT2D eigenvalue weighted by molar-refractivity contribution is 0.202. The van der Waals surface area contributed by atoms with Crippen LogP contribution in [0.15, 0.2) is 30.7 Å². The van der Waals surface area contributed by atoms with Gasteiger partial charge in [0.05, 0.1) is 6.54 Å². The first-order valence-corrected chi connectivity index (χ1v) is 8.71. The normalized spacial score (nSPS) is 19.5. The number of nitrogens with zero attached hydrogens (tertiary/aromatic N) is 5. The van der Waals surface area contributed by atoms with E-state index in [0.717, 1.165) is 25.5 Å². The predicted octanol–water partition coefficient (Wildman–Crippen LogP) is 1.88. The Labute approximate surface area is 144 Å². The van der Waals surface area contributed by atoms with Crippen LogP contribution in [0.25, 0.3) is 0 Å². The first kappa shape index (κ1) is 16.9. The molecule has 24 heavy (non-hydrogen) atoms. The number of nitrogen functional groups attached to an aromatic ring is 1. The van der Waals surface area contributed by atoms with Crippen molar-refractivity contribution in [1.82, 2.24) is 24.3 Å². The van der Waals surface area contributed by atoms with E-state index < -0.39 is 0 Å². The molecule has 3 heterocycles. The first-order chi connectivity index (χ1) is 11.6. The fourth-order valence-corrected chi connectivity index (χ4v) is 3.49. The molecule has 2 aromatic heterocycles. The average molecular weight is 328 g/mol. The summed E-state index contributed by atoms with van der Waals surface area (Å²) < 4.78 is 2.12. The molecular weight excluding hydrogens is 300 g/mol. The molecule has 6 nitrogen and oxygen atoms in total. The van der Waals surface area contributed by atoms with Crippen LogP contribution >= 0.6 is 0 Å². The molecule has 1 saturated heterocycles. The molecule has 3 rings (SSSR count). The number of hydrogen-bond acceptors (Lipinski definition) is 5. The molecule has 0 bridgehead atoms. The molecule has 1 aliphatic heterocycles. The summed E-state index contributed by atoms with van der Waals surface area (Å²) in [6.07, 6.45) is 9.72. The van der Waals surface area contributed by atoms with Crippen molar-refractivity contribution in [3.63, 3.8) is 0 Å². The number of nitrogens with two attached hydrogens (primary N) is 1. The van der Waals surface area contributed by atoms with Gasteiger partial charge in [0.15, 0.2) is 0 Å². The number of rotatable bonds is 5. The number of likely N-dealkylation sites (tertiary alicyclic amines) is 1. The maximum Gasteiger partial charge on any atom is 0.144 e. The zero-order valence-corrected chi connectivity index (χ0v) is 14.7. The average Bonchev–Trinajstić information content (AvgIpc) is 2.81. The van der Waals surface area contributed by atoms with E-state index in [4.69, 9.17) is 5.73 Å². The van der Waals surface area contributed by atoms with Gasteiger partial charge in [0, 0.05) is 38.2 Å². The Morgan fingerprint density at radius 3 is 2.92 bits per heavy atom. The van der Waals surface area contributed by atoms with Crippen molar-refractivity contribution in [2.24, 2.45) is 7.05 Å². The molecule has 0 aromatic carbocycles. The molecule has 130 valence electrons. The number of aryl methyl sites for hydroxylation is 1. The standard InChI is InChI=1S/C18H28N6/c1-22-10-6-15(12-22)13-24-9-3-4-16(7-11-24)23(2)14-18-20-8-5-17(19)21-18/h5-6,8,10,12,16H,3-4,7,9,11,13-14H2,1-2H3,(H2,19,20,21). The first-order valence-electron chi connectivity index (χ1n) is 8.71. The van der Waals surface area contributed by atoms with Crippen LogP contribution in [0, 0.1) is 0 Å². The smallest absolute Gasteiger partial charge is 0.144 e. The number of hydrogen-bond donors (Lipinski definition) is 1. The Balaban J connectivity index is 1.52. The highest BCUT2D eigenvalue weighted by molar-refractivity contribution is 5.24. The van der Waals surface area contributed by atoms with Gasteiger partial charge in [-0.15, -0.1) is 0 Å². The summed E-state index contributed by atoms with van der Waals surface area (Å²) in [4.78, 5) is 13.6.